The number of hydrogen-bond donors (Lipinski definition) is 0. The molecule has 0 aliphatic heterocycles. The first-order valence-corrected chi connectivity index (χ1v) is 6.35. The average molecular weight is 320 g/mol. The van der Waals surface area contributed by atoms with Gasteiger partial charge in [0.25, 0.3) is 0 Å². The lowest BCUT2D eigenvalue weighted by atomic mass is 10.1. The Kier molecular flexibility index (Phi) is 5.65. The largest absolute Gasteiger partial charge is 0.469 e. The van der Waals surface area contributed by atoms with Crippen molar-refractivity contribution in [3.63, 3.8) is 0 Å². The number of hydrogen-bond acceptors (Lipinski definition) is 3. The summed E-state index contributed by atoms with van der Waals surface area (Å²) < 4.78 is 4.51. The summed E-state index contributed by atoms with van der Waals surface area (Å²) in [4.78, 5) is 22.5. The Balaban J connectivity index is 2.64. The molecular formula is C12H12BrClO3. The number of esters is 1. The highest BCUT2D eigenvalue weighted by Crippen LogP contribution is 2.21. The Labute approximate surface area is 113 Å². The van der Waals surface area contributed by atoms with Crippen LogP contribution in [0, 0.1) is 0 Å². The number of Topliss-reactive ketones (excluding diaryl/α,β-unsaturated/α-hetero) is 1. The van der Waals surface area contributed by atoms with Crippen molar-refractivity contribution in [2.75, 3.05) is 7.11 Å². The van der Waals surface area contributed by atoms with Gasteiger partial charge in [-0.3, -0.25) is 9.59 Å². The summed E-state index contributed by atoms with van der Waals surface area (Å²) in [5, 5.41) is 0.417. The van der Waals surface area contributed by atoms with Crippen molar-refractivity contribution in [1.29, 1.82) is 0 Å². The predicted octanol–water partition coefficient (Wildman–Crippen LogP) is 3.24. The Morgan fingerprint density at radius 3 is 2.65 bits per heavy atom. The van der Waals surface area contributed by atoms with Gasteiger partial charge in [0.15, 0.2) is 5.78 Å². The molecule has 3 nitrogen and oxygen atoms in total. The molecule has 0 aliphatic carbocycles. The van der Waals surface area contributed by atoms with Gasteiger partial charge in [-0.25, -0.2) is 0 Å². The number of rotatable bonds is 5. The van der Waals surface area contributed by atoms with Crippen molar-refractivity contribution < 1.29 is 14.3 Å². The fraction of sp³-hybridized carbons (Fsp3) is 0.333. The molecule has 0 saturated heterocycles. The molecule has 0 amide bonds. The van der Waals surface area contributed by atoms with E-state index in [1.54, 1.807) is 24.3 Å². The Morgan fingerprint density at radius 1 is 1.41 bits per heavy atom. The molecule has 0 heterocycles. The van der Waals surface area contributed by atoms with Crippen LogP contribution < -0.4 is 0 Å². The van der Waals surface area contributed by atoms with Gasteiger partial charge in [0.2, 0.25) is 0 Å². The van der Waals surface area contributed by atoms with Crippen molar-refractivity contribution in [1.82, 2.24) is 0 Å². The van der Waals surface area contributed by atoms with Crippen molar-refractivity contribution in [2.24, 2.45) is 0 Å². The van der Waals surface area contributed by atoms with Crippen molar-refractivity contribution >= 4 is 39.3 Å². The molecular weight excluding hydrogens is 307 g/mol. The van der Waals surface area contributed by atoms with E-state index < -0.39 is 4.83 Å². The zero-order valence-corrected chi connectivity index (χ0v) is 11.6. The lowest BCUT2D eigenvalue weighted by Crippen LogP contribution is -2.16. The predicted molar refractivity (Wildman–Crippen MR) is 69.7 cm³/mol. The van der Waals surface area contributed by atoms with E-state index >= 15 is 0 Å². The molecule has 0 aliphatic rings. The maximum Gasteiger partial charge on any atom is 0.305 e. The fourth-order valence-corrected chi connectivity index (χ4v) is 2.01. The second-order valence-electron chi connectivity index (χ2n) is 3.43. The van der Waals surface area contributed by atoms with Crippen LogP contribution in [0.3, 0.4) is 0 Å². The molecule has 1 rings (SSSR count). The second kappa shape index (κ2) is 6.77. The third-order valence-corrected chi connectivity index (χ3v) is 3.46. The minimum absolute atomic E-state index is 0.125. The quantitative estimate of drug-likeness (QED) is 0.475. The van der Waals surface area contributed by atoms with Crippen LogP contribution >= 0.6 is 27.5 Å². The van der Waals surface area contributed by atoms with Crippen LogP contribution in [-0.2, 0) is 9.53 Å². The van der Waals surface area contributed by atoms with Gasteiger partial charge in [0.1, 0.15) is 0 Å². The van der Waals surface area contributed by atoms with Gasteiger partial charge in [-0.2, -0.15) is 0 Å². The zero-order chi connectivity index (χ0) is 12.8. The highest BCUT2D eigenvalue weighted by molar-refractivity contribution is 9.10. The number of carbonyl (C=O) groups excluding carboxylic acids is 2. The molecule has 0 radical (unpaired) electrons. The third-order valence-electron chi connectivity index (χ3n) is 2.25. The molecule has 17 heavy (non-hydrogen) atoms. The topological polar surface area (TPSA) is 43.4 Å². The minimum Gasteiger partial charge on any atom is -0.469 e. The third kappa shape index (κ3) is 4.13. The van der Waals surface area contributed by atoms with E-state index in [2.05, 4.69) is 20.7 Å². The first-order chi connectivity index (χ1) is 8.06. The number of carbonyl (C=O) groups is 2. The van der Waals surface area contributed by atoms with Crippen LogP contribution in [-0.4, -0.2) is 23.7 Å². The average Bonchev–Trinajstić information content (AvgIpc) is 2.35. The zero-order valence-electron chi connectivity index (χ0n) is 9.28. The molecule has 0 N–H and O–H groups in total. The molecule has 1 unspecified atom stereocenters. The van der Waals surface area contributed by atoms with Gasteiger partial charge in [0, 0.05) is 12.0 Å². The molecule has 0 bridgehead atoms. The number of ether oxygens (including phenoxy) is 1. The van der Waals surface area contributed by atoms with E-state index in [0.29, 0.717) is 17.0 Å². The summed E-state index contributed by atoms with van der Waals surface area (Å²) in [6.07, 6.45) is 0.583. The van der Waals surface area contributed by atoms with Crippen molar-refractivity contribution in [2.45, 2.75) is 17.7 Å². The Morgan fingerprint density at radius 2 is 2.06 bits per heavy atom. The summed E-state index contributed by atoms with van der Waals surface area (Å²) in [5.41, 5.74) is 0.459. The Hall–Kier alpha value is -0.870. The fourth-order valence-electron chi connectivity index (χ4n) is 1.31. The first kappa shape index (κ1) is 14.2. The molecule has 1 aromatic carbocycles. The molecule has 0 aromatic heterocycles. The summed E-state index contributed by atoms with van der Waals surface area (Å²) in [7, 11) is 1.32. The molecule has 0 fully saturated rings. The van der Waals surface area contributed by atoms with Crippen molar-refractivity contribution in [3.05, 3.63) is 34.9 Å². The van der Waals surface area contributed by atoms with Gasteiger partial charge in [-0.05, 0) is 18.6 Å². The van der Waals surface area contributed by atoms with Crippen molar-refractivity contribution in [3.8, 4) is 0 Å². The van der Waals surface area contributed by atoms with Gasteiger partial charge < -0.3 is 4.74 Å². The molecule has 0 saturated carbocycles. The lowest BCUT2D eigenvalue weighted by molar-refractivity contribution is -0.140. The second-order valence-corrected chi connectivity index (χ2v) is 4.94. The summed E-state index contributed by atoms with van der Waals surface area (Å²) in [6.45, 7) is 0. The maximum absolute atomic E-state index is 12.0. The molecule has 1 atom stereocenters. The van der Waals surface area contributed by atoms with Gasteiger partial charge in [-0.1, -0.05) is 39.7 Å². The Bertz CT molecular complexity index is 420. The van der Waals surface area contributed by atoms with E-state index in [1.165, 1.54) is 7.11 Å². The standard InChI is InChI=1S/C12H12BrClO3/c1-17-11(15)7-6-9(13)12(16)8-4-2-3-5-10(8)14/h2-5,9H,6-7H2,1H3. The van der Waals surface area contributed by atoms with Crippen LogP contribution in [0.25, 0.3) is 0 Å². The van der Waals surface area contributed by atoms with Gasteiger partial charge in [-0.15, -0.1) is 0 Å². The molecule has 5 heteroatoms. The smallest absolute Gasteiger partial charge is 0.305 e. The molecule has 92 valence electrons. The molecule has 1 aromatic rings. The SMILES string of the molecule is COC(=O)CCC(Br)C(=O)c1ccccc1Cl. The van der Waals surface area contributed by atoms with Crippen LogP contribution in [0.2, 0.25) is 5.02 Å². The van der Waals surface area contributed by atoms with Gasteiger partial charge >= 0.3 is 5.97 Å². The highest BCUT2D eigenvalue weighted by Gasteiger charge is 2.20. The molecule has 0 spiro atoms. The van der Waals surface area contributed by atoms with E-state index in [-0.39, 0.29) is 18.2 Å². The first-order valence-electron chi connectivity index (χ1n) is 5.06. The van der Waals surface area contributed by atoms with E-state index in [0.717, 1.165) is 0 Å². The number of halogens is 2. The van der Waals surface area contributed by atoms with Crippen LogP contribution in [0.5, 0.6) is 0 Å². The number of alkyl halides is 1. The normalized spacial score (nSPS) is 11.9. The maximum atomic E-state index is 12.0. The van der Waals surface area contributed by atoms with Crippen LogP contribution in [0.15, 0.2) is 24.3 Å². The van der Waals surface area contributed by atoms with E-state index in [4.69, 9.17) is 11.6 Å². The van der Waals surface area contributed by atoms with E-state index in [9.17, 15) is 9.59 Å². The number of ketones is 1. The van der Waals surface area contributed by atoms with Gasteiger partial charge in [0.05, 0.1) is 17.0 Å². The highest BCUT2D eigenvalue weighted by atomic mass is 79.9. The monoisotopic (exact) mass is 318 g/mol. The van der Waals surface area contributed by atoms with E-state index in [1.807, 2.05) is 0 Å². The van der Waals surface area contributed by atoms with Crippen LogP contribution in [0.4, 0.5) is 0 Å². The van der Waals surface area contributed by atoms with Crippen LogP contribution in [0.1, 0.15) is 23.2 Å². The lowest BCUT2D eigenvalue weighted by Gasteiger charge is -2.09. The minimum atomic E-state index is -0.429. The summed E-state index contributed by atoms with van der Waals surface area (Å²) >= 11 is 9.18. The number of methoxy groups -OCH3 is 1. The summed E-state index contributed by atoms with van der Waals surface area (Å²) in [5.74, 6) is -0.457. The number of benzene rings is 1. The summed E-state index contributed by atoms with van der Waals surface area (Å²) in [6, 6.07) is 6.84.